The van der Waals surface area contributed by atoms with Crippen LogP contribution in [-0.4, -0.2) is 43.5 Å². The fourth-order valence-corrected chi connectivity index (χ4v) is 2.47. The lowest BCUT2D eigenvalue weighted by molar-refractivity contribution is 0.0657. The van der Waals surface area contributed by atoms with Crippen LogP contribution in [0.1, 0.15) is 33.1 Å². The highest BCUT2D eigenvalue weighted by Gasteiger charge is 2.28. The standard InChI is InChI=1S/C13H26N2O3/c1-9-5-4-6-12(10(9)2)15-13(17)14-7-11(16)8-18-3/h9-12,16H,4-8H2,1-3H3,(H2,14,15,17). The van der Waals surface area contributed by atoms with Gasteiger partial charge in [-0.2, -0.15) is 0 Å². The van der Waals surface area contributed by atoms with Crippen LogP contribution in [-0.2, 0) is 4.74 Å². The van der Waals surface area contributed by atoms with Crippen LogP contribution in [0.3, 0.4) is 0 Å². The number of hydrogen-bond donors (Lipinski definition) is 3. The predicted molar refractivity (Wildman–Crippen MR) is 70.4 cm³/mol. The molecule has 0 radical (unpaired) electrons. The monoisotopic (exact) mass is 258 g/mol. The topological polar surface area (TPSA) is 70.6 Å². The van der Waals surface area contributed by atoms with Crippen LogP contribution >= 0.6 is 0 Å². The maximum Gasteiger partial charge on any atom is 0.315 e. The Morgan fingerprint density at radius 2 is 2.17 bits per heavy atom. The molecule has 0 aromatic carbocycles. The van der Waals surface area contributed by atoms with Crippen LogP contribution in [0.15, 0.2) is 0 Å². The molecule has 5 heteroatoms. The summed E-state index contributed by atoms with van der Waals surface area (Å²) in [5.41, 5.74) is 0. The zero-order valence-electron chi connectivity index (χ0n) is 11.6. The van der Waals surface area contributed by atoms with Crippen molar-refractivity contribution >= 4 is 6.03 Å². The van der Waals surface area contributed by atoms with E-state index in [4.69, 9.17) is 4.74 Å². The van der Waals surface area contributed by atoms with Gasteiger partial charge in [0.2, 0.25) is 0 Å². The Morgan fingerprint density at radius 1 is 1.44 bits per heavy atom. The summed E-state index contributed by atoms with van der Waals surface area (Å²) in [6.45, 7) is 4.88. The molecule has 0 bridgehead atoms. The fourth-order valence-electron chi connectivity index (χ4n) is 2.47. The second-order valence-corrected chi connectivity index (χ2v) is 5.34. The van der Waals surface area contributed by atoms with Crippen molar-refractivity contribution in [1.29, 1.82) is 0 Å². The molecule has 0 aromatic heterocycles. The number of aliphatic hydroxyl groups excluding tert-OH is 1. The van der Waals surface area contributed by atoms with Crippen molar-refractivity contribution in [2.75, 3.05) is 20.3 Å². The van der Waals surface area contributed by atoms with Crippen molar-refractivity contribution in [3.8, 4) is 0 Å². The SMILES string of the molecule is COCC(O)CNC(=O)NC1CCCC(C)C1C. The second kappa shape index (κ2) is 7.59. The zero-order chi connectivity index (χ0) is 13.5. The van der Waals surface area contributed by atoms with Crippen LogP contribution in [0.5, 0.6) is 0 Å². The van der Waals surface area contributed by atoms with Gasteiger partial charge in [0, 0.05) is 19.7 Å². The second-order valence-electron chi connectivity index (χ2n) is 5.34. The largest absolute Gasteiger partial charge is 0.389 e. The van der Waals surface area contributed by atoms with E-state index in [2.05, 4.69) is 24.5 Å². The van der Waals surface area contributed by atoms with E-state index in [1.165, 1.54) is 20.0 Å². The van der Waals surface area contributed by atoms with E-state index >= 15 is 0 Å². The lowest BCUT2D eigenvalue weighted by Gasteiger charge is -2.34. The summed E-state index contributed by atoms with van der Waals surface area (Å²) in [6.07, 6.45) is 2.80. The number of nitrogens with one attached hydrogen (secondary N) is 2. The first-order valence-corrected chi connectivity index (χ1v) is 6.76. The molecule has 0 heterocycles. The molecule has 3 N–H and O–H groups in total. The van der Waals surface area contributed by atoms with E-state index in [1.807, 2.05) is 0 Å². The summed E-state index contributed by atoms with van der Waals surface area (Å²) in [4.78, 5) is 11.7. The number of urea groups is 1. The molecule has 1 aliphatic carbocycles. The zero-order valence-corrected chi connectivity index (χ0v) is 11.6. The molecule has 0 spiro atoms. The summed E-state index contributed by atoms with van der Waals surface area (Å²) >= 11 is 0. The minimum Gasteiger partial charge on any atom is -0.389 e. The van der Waals surface area contributed by atoms with Gasteiger partial charge in [0.25, 0.3) is 0 Å². The van der Waals surface area contributed by atoms with Gasteiger partial charge in [0.15, 0.2) is 0 Å². The quantitative estimate of drug-likeness (QED) is 0.692. The Morgan fingerprint density at radius 3 is 2.83 bits per heavy atom. The number of ether oxygens (including phenoxy) is 1. The third-order valence-electron chi connectivity index (χ3n) is 3.88. The van der Waals surface area contributed by atoms with Gasteiger partial charge in [-0.15, -0.1) is 0 Å². The predicted octanol–water partition coefficient (Wildman–Crippen LogP) is 1.12. The molecule has 4 unspecified atom stereocenters. The lowest BCUT2D eigenvalue weighted by atomic mass is 9.78. The van der Waals surface area contributed by atoms with E-state index in [0.29, 0.717) is 11.8 Å². The molecule has 2 amide bonds. The lowest BCUT2D eigenvalue weighted by Crippen LogP contribution is -2.49. The van der Waals surface area contributed by atoms with E-state index in [-0.39, 0.29) is 25.2 Å². The molecular formula is C13H26N2O3. The molecule has 1 fully saturated rings. The first kappa shape index (κ1) is 15.2. The van der Waals surface area contributed by atoms with Gasteiger partial charge >= 0.3 is 6.03 Å². The van der Waals surface area contributed by atoms with Crippen LogP contribution in [0.2, 0.25) is 0 Å². The molecule has 106 valence electrons. The van der Waals surface area contributed by atoms with Crippen molar-refractivity contribution in [2.24, 2.45) is 11.8 Å². The summed E-state index contributed by atoms with van der Waals surface area (Å²) in [5.74, 6) is 1.16. The Hall–Kier alpha value is -0.810. The average Bonchev–Trinajstić information content (AvgIpc) is 2.33. The third kappa shape index (κ3) is 4.82. The van der Waals surface area contributed by atoms with Gasteiger partial charge in [0.05, 0.1) is 12.7 Å². The number of carbonyl (C=O) groups is 1. The van der Waals surface area contributed by atoms with Gasteiger partial charge in [-0.3, -0.25) is 0 Å². The Kier molecular flexibility index (Phi) is 6.43. The first-order chi connectivity index (χ1) is 8.54. The minimum absolute atomic E-state index is 0.198. The highest BCUT2D eigenvalue weighted by molar-refractivity contribution is 5.74. The summed E-state index contributed by atoms with van der Waals surface area (Å²) in [6, 6.07) is 0.0458. The number of hydrogen-bond acceptors (Lipinski definition) is 3. The number of amides is 2. The van der Waals surface area contributed by atoms with Gasteiger partial charge in [-0.25, -0.2) is 4.79 Å². The molecule has 5 nitrogen and oxygen atoms in total. The number of carbonyl (C=O) groups excluding carboxylic acids is 1. The molecule has 0 aromatic rings. The number of methoxy groups -OCH3 is 1. The smallest absolute Gasteiger partial charge is 0.315 e. The van der Waals surface area contributed by atoms with Crippen molar-refractivity contribution in [3.05, 3.63) is 0 Å². The molecule has 4 atom stereocenters. The maximum atomic E-state index is 11.7. The molecule has 1 rings (SSSR count). The minimum atomic E-state index is -0.650. The van der Waals surface area contributed by atoms with E-state index in [9.17, 15) is 9.90 Å². The number of aliphatic hydroxyl groups is 1. The summed E-state index contributed by atoms with van der Waals surface area (Å²) in [5, 5.41) is 15.1. The molecule has 0 aliphatic heterocycles. The van der Waals surface area contributed by atoms with Crippen molar-refractivity contribution in [3.63, 3.8) is 0 Å². The van der Waals surface area contributed by atoms with E-state index < -0.39 is 6.10 Å². The van der Waals surface area contributed by atoms with E-state index in [1.54, 1.807) is 0 Å². The highest BCUT2D eigenvalue weighted by atomic mass is 16.5. The number of rotatable bonds is 5. The van der Waals surface area contributed by atoms with Gasteiger partial charge in [0.1, 0.15) is 0 Å². The molecule has 0 saturated heterocycles. The normalized spacial score (nSPS) is 29.7. The van der Waals surface area contributed by atoms with Crippen molar-refractivity contribution < 1.29 is 14.6 Å². The Balaban J connectivity index is 2.26. The highest BCUT2D eigenvalue weighted by Crippen LogP contribution is 2.29. The first-order valence-electron chi connectivity index (χ1n) is 6.76. The fraction of sp³-hybridized carbons (Fsp3) is 0.923. The molecule has 1 aliphatic rings. The van der Waals surface area contributed by atoms with Gasteiger partial charge < -0.3 is 20.5 Å². The average molecular weight is 258 g/mol. The molecular weight excluding hydrogens is 232 g/mol. The molecule has 18 heavy (non-hydrogen) atoms. The van der Waals surface area contributed by atoms with E-state index in [0.717, 1.165) is 6.42 Å². The van der Waals surface area contributed by atoms with Crippen LogP contribution in [0.25, 0.3) is 0 Å². The Labute approximate surface area is 109 Å². The molecule has 1 saturated carbocycles. The van der Waals surface area contributed by atoms with Crippen LogP contribution in [0.4, 0.5) is 4.79 Å². The Bertz CT molecular complexity index is 261. The third-order valence-corrected chi connectivity index (χ3v) is 3.88. The van der Waals surface area contributed by atoms with Crippen LogP contribution in [0, 0.1) is 11.8 Å². The van der Waals surface area contributed by atoms with Gasteiger partial charge in [-0.05, 0) is 18.3 Å². The van der Waals surface area contributed by atoms with Gasteiger partial charge in [-0.1, -0.05) is 26.7 Å². The summed E-state index contributed by atoms with van der Waals surface area (Å²) in [7, 11) is 1.52. The maximum absolute atomic E-state index is 11.7. The van der Waals surface area contributed by atoms with Crippen LogP contribution < -0.4 is 10.6 Å². The van der Waals surface area contributed by atoms with Crippen molar-refractivity contribution in [2.45, 2.75) is 45.3 Å². The van der Waals surface area contributed by atoms with Crippen molar-refractivity contribution in [1.82, 2.24) is 10.6 Å². The summed E-state index contributed by atoms with van der Waals surface area (Å²) < 4.78 is 4.80.